The van der Waals surface area contributed by atoms with E-state index in [2.05, 4.69) is 4.98 Å². The number of hydrogen-bond acceptors (Lipinski definition) is 6. The lowest BCUT2D eigenvalue weighted by molar-refractivity contribution is 0.355. The lowest BCUT2D eigenvalue weighted by atomic mass is 10.2. The first kappa shape index (κ1) is 14.2. The first-order chi connectivity index (χ1) is 11.2. The molecule has 0 aliphatic rings. The maximum Gasteiger partial charge on any atom is 0.274 e. The van der Waals surface area contributed by atoms with E-state index in [9.17, 15) is 4.79 Å². The Balaban J connectivity index is 2.03. The number of methoxy groups -OCH3 is 2. The van der Waals surface area contributed by atoms with E-state index < -0.39 is 0 Å². The van der Waals surface area contributed by atoms with Crippen molar-refractivity contribution in [3.05, 3.63) is 49.4 Å². The number of aromatic nitrogens is 2. The fraction of sp³-hybridized carbons (Fsp3) is 0.125. The van der Waals surface area contributed by atoms with Gasteiger partial charge >= 0.3 is 0 Å². The van der Waals surface area contributed by atoms with Gasteiger partial charge < -0.3 is 9.47 Å². The molecule has 3 aromatic heterocycles. The minimum Gasteiger partial charge on any atom is -0.493 e. The van der Waals surface area contributed by atoms with Crippen LogP contribution in [0.4, 0.5) is 0 Å². The van der Waals surface area contributed by atoms with Gasteiger partial charge in [0, 0.05) is 17.0 Å². The normalized spacial score (nSPS) is 12.3. The summed E-state index contributed by atoms with van der Waals surface area (Å²) in [6.07, 6.45) is 1.90. The summed E-state index contributed by atoms with van der Waals surface area (Å²) in [5.74, 6) is 1.18. The van der Waals surface area contributed by atoms with E-state index in [4.69, 9.17) is 9.47 Å². The summed E-state index contributed by atoms with van der Waals surface area (Å²) in [6, 6.07) is 7.53. The van der Waals surface area contributed by atoms with E-state index in [1.807, 2.05) is 23.6 Å². The molecule has 0 bridgehead atoms. The van der Waals surface area contributed by atoms with E-state index in [0.717, 1.165) is 10.4 Å². The number of rotatable bonds is 3. The van der Waals surface area contributed by atoms with Gasteiger partial charge in [0.1, 0.15) is 0 Å². The molecule has 116 valence electrons. The molecule has 4 aromatic rings. The van der Waals surface area contributed by atoms with Gasteiger partial charge in [0.15, 0.2) is 16.5 Å². The van der Waals surface area contributed by atoms with Crippen LogP contribution in [0.5, 0.6) is 11.5 Å². The second-order valence-electron chi connectivity index (χ2n) is 4.86. The SMILES string of the molecule is COc1cc2nc3s/c(=C/c4cccs4)c(=O)n3c2cc1OC. The second kappa shape index (κ2) is 5.36. The Kier molecular flexibility index (Phi) is 3.32. The predicted molar refractivity (Wildman–Crippen MR) is 93.1 cm³/mol. The van der Waals surface area contributed by atoms with Crippen molar-refractivity contribution in [1.82, 2.24) is 9.38 Å². The Labute approximate surface area is 139 Å². The second-order valence-corrected chi connectivity index (χ2v) is 6.85. The van der Waals surface area contributed by atoms with Crippen LogP contribution in [0.25, 0.3) is 22.1 Å². The molecule has 0 fully saturated rings. The third-order valence-electron chi connectivity index (χ3n) is 3.56. The average molecular weight is 344 g/mol. The number of hydrogen-bond donors (Lipinski definition) is 0. The summed E-state index contributed by atoms with van der Waals surface area (Å²) in [4.78, 5) is 19.0. The smallest absolute Gasteiger partial charge is 0.274 e. The Morgan fingerprint density at radius 3 is 2.70 bits per heavy atom. The molecule has 0 radical (unpaired) electrons. The Hall–Kier alpha value is -2.38. The molecule has 0 saturated heterocycles. The summed E-state index contributed by atoms with van der Waals surface area (Å²) >= 11 is 2.98. The largest absolute Gasteiger partial charge is 0.493 e. The third-order valence-corrected chi connectivity index (χ3v) is 5.35. The van der Waals surface area contributed by atoms with Gasteiger partial charge in [-0.2, -0.15) is 0 Å². The summed E-state index contributed by atoms with van der Waals surface area (Å²) in [5, 5.41) is 1.99. The van der Waals surface area contributed by atoms with Crippen molar-refractivity contribution in [3.8, 4) is 11.5 Å². The lowest BCUT2D eigenvalue weighted by Crippen LogP contribution is -2.22. The molecule has 0 amide bonds. The van der Waals surface area contributed by atoms with Crippen LogP contribution < -0.4 is 19.6 Å². The number of fused-ring (bicyclic) bond motifs is 3. The van der Waals surface area contributed by atoms with Crippen LogP contribution in [-0.4, -0.2) is 23.6 Å². The van der Waals surface area contributed by atoms with Crippen molar-refractivity contribution in [1.29, 1.82) is 0 Å². The molecular formula is C16H12N2O3S2. The molecule has 0 saturated carbocycles. The molecule has 0 unspecified atom stereocenters. The number of thiazole rings is 1. The highest BCUT2D eigenvalue weighted by Gasteiger charge is 2.15. The van der Waals surface area contributed by atoms with Crippen molar-refractivity contribution in [3.63, 3.8) is 0 Å². The topological polar surface area (TPSA) is 52.8 Å². The molecule has 0 aliphatic heterocycles. The van der Waals surface area contributed by atoms with Crippen LogP contribution >= 0.6 is 22.7 Å². The molecule has 0 aliphatic carbocycles. The van der Waals surface area contributed by atoms with Crippen LogP contribution in [0.3, 0.4) is 0 Å². The standard InChI is InChI=1S/C16H12N2O3S2/c1-20-12-7-10-11(8-13(12)21-2)18-15(19)14(23-16(18)17-10)6-9-4-3-5-22-9/h3-8H,1-2H3/b14-6+. The molecule has 23 heavy (non-hydrogen) atoms. The number of thiophene rings is 1. The fourth-order valence-corrected chi connectivity index (χ4v) is 4.20. The monoisotopic (exact) mass is 344 g/mol. The number of imidazole rings is 1. The maximum absolute atomic E-state index is 12.7. The van der Waals surface area contributed by atoms with Crippen molar-refractivity contribution in [2.75, 3.05) is 14.2 Å². The summed E-state index contributed by atoms with van der Waals surface area (Å²) in [5.41, 5.74) is 1.38. The molecule has 0 spiro atoms. The summed E-state index contributed by atoms with van der Waals surface area (Å²) in [6.45, 7) is 0. The summed E-state index contributed by atoms with van der Waals surface area (Å²) in [7, 11) is 3.15. The highest BCUT2D eigenvalue weighted by atomic mass is 32.1. The van der Waals surface area contributed by atoms with E-state index >= 15 is 0 Å². The average Bonchev–Trinajstić information content (AvgIpc) is 3.25. The Morgan fingerprint density at radius 2 is 2.00 bits per heavy atom. The lowest BCUT2D eigenvalue weighted by Gasteiger charge is -2.06. The van der Waals surface area contributed by atoms with Gasteiger partial charge in [-0.3, -0.25) is 4.79 Å². The molecule has 0 atom stereocenters. The molecule has 1 aromatic carbocycles. The van der Waals surface area contributed by atoms with Crippen LogP contribution in [0.2, 0.25) is 0 Å². The molecule has 5 nitrogen and oxygen atoms in total. The van der Waals surface area contributed by atoms with Gasteiger partial charge in [0.2, 0.25) is 0 Å². The quantitative estimate of drug-likeness (QED) is 0.573. The van der Waals surface area contributed by atoms with E-state index in [1.54, 1.807) is 42.1 Å². The van der Waals surface area contributed by atoms with Crippen molar-refractivity contribution in [2.24, 2.45) is 0 Å². The number of ether oxygens (including phenoxy) is 2. The molecular weight excluding hydrogens is 332 g/mol. The van der Waals surface area contributed by atoms with Crippen LogP contribution in [0, 0.1) is 0 Å². The van der Waals surface area contributed by atoms with Gasteiger partial charge in [-0.1, -0.05) is 17.4 Å². The first-order valence-corrected chi connectivity index (χ1v) is 8.53. The minimum absolute atomic E-state index is 0.0619. The van der Waals surface area contributed by atoms with E-state index in [1.165, 1.54) is 11.3 Å². The Morgan fingerprint density at radius 1 is 1.22 bits per heavy atom. The minimum atomic E-state index is -0.0619. The summed E-state index contributed by atoms with van der Waals surface area (Å²) < 4.78 is 12.9. The Bertz CT molecular complexity index is 1110. The van der Waals surface area contributed by atoms with Crippen molar-refractivity contribution >= 4 is 44.7 Å². The van der Waals surface area contributed by atoms with Gasteiger partial charge in [-0.05, 0) is 17.5 Å². The van der Waals surface area contributed by atoms with Crippen LogP contribution in [-0.2, 0) is 0 Å². The van der Waals surface area contributed by atoms with E-state index in [-0.39, 0.29) is 5.56 Å². The molecule has 0 N–H and O–H groups in total. The van der Waals surface area contributed by atoms with Crippen LogP contribution in [0.15, 0.2) is 34.4 Å². The first-order valence-electron chi connectivity index (χ1n) is 6.83. The fourth-order valence-electron chi connectivity index (χ4n) is 2.49. The zero-order chi connectivity index (χ0) is 16.0. The van der Waals surface area contributed by atoms with Gasteiger partial charge in [0.05, 0.1) is 29.8 Å². The van der Waals surface area contributed by atoms with Gasteiger partial charge in [0.25, 0.3) is 5.56 Å². The van der Waals surface area contributed by atoms with Crippen molar-refractivity contribution < 1.29 is 9.47 Å². The maximum atomic E-state index is 12.7. The van der Waals surface area contributed by atoms with Crippen molar-refractivity contribution in [2.45, 2.75) is 0 Å². The molecule has 3 heterocycles. The van der Waals surface area contributed by atoms with Gasteiger partial charge in [-0.15, -0.1) is 11.3 Å². The number of benzene rings is 1. The highest BCUT2D eigenvalue weighted by Crippen LogP contribution is 2.32. The predicted octanol–water partition coefficient (Wildman–Crippen LogP) is 2.54. The highest BCUT2D eigenvalue weighted by molar-refractivity contribution is 7.15. The van der Waals surface area contributed by atoms with Gasteiger partial charge in [-0.25, -0.2) is 9.38 Å². The van der Waals surface area contributed by atoms with E-state index in [0.29, 0.717) is 26.5 Å². The van der Waals surface area contributed by atoms with Crippen LogP contribution in [0.1, 0.15) is 4.88 Å². The molecule has 7 heteroatoms. The zero-order valence-corrected chi connectivity index (χ0v) is 14.0. The zero-order valence-electron chi connectivity index (χ0n) is 12.4. The number of nitrogens with zero attached hydrogens (tertiary/aromatic N) is 2. The molecule has 4 rings (SSSR count). The third kappa shape index (κ3) is 2.20.